The van der Waals surface area contributed by atoms with Gasteiger partial charge in [-0.3, -0.25) is 4.99 Å². The van der Waals surface area contributed by atoms with Crippen molar-refractivity contribution in [2.75, 3.05) is 20.7 Å². The van der Waals surface area contributed by atoms with Gasteiger partial charge in [0.15, 0.2) is 5.96 Å². The molecule has 1 aliphatic rings. The van der Waals surface area contributed by atoms with E-state index in [-0.39, 0.29) is 5.41 Å². The first-order chi connectivity index (χ1) is 13.2. The van der Waals surface area contributed by atoms with Gasteiger partial charge in [0.1, 0.15) is 11.5 Å². The van der Waals surface area contributed by atoms with Crippen molar-refractivity contribution < 1.29 is 9.26 Å². The number of aromatic nitrogens is 1. The Kier molecular flexibility index (Phi) is 6.04. The van der Waals surface area contributed by atoms with E-state index in [0.29, 0.717) is 6.54 Å². The molecule has 1 aromatic carbocycles. The summed E-state index contributed by atoms with van der Waals surface area (Å²) in [5.74, 6) is 2.65. The first-order valence-corrected chi connectivity index (χ1v) is 9.71. The third-order valence-corrected chi connectivity index (χ3v) is 5.41. The van der Waals surface area contributed by atoms with Crippen LogP contribution < -0.4 is 15.4 Å². The first kappa shape index (κ1) is 19.3. The lowest BCUT2D eigenvalue weighted by Crippen LogP contribution is -2.41. The van der Waals surface area contributed by atoms with E-state index in [1.54, 1.807) is 14.2 Å². The second-order valence-electron chi connectivity index (χ2n) is 7.03. The fraction of sp³-hybridized carbons (Fsp3) is 0.524. The van der Waals surface area contributed by atoms with E-state index in [9.17, 15) is 0 Å². The highest BCUT2D eigenvalue weighted by Crippen LogP contribution is 2.47. The van der Waals surface area contributed by atoms with Gasteiger partial charge in [0, 0.05) is 37.5 Å². The minimum absolute atomic E-state index is 0.199. The molecule has 1 heterocycles. The number of rotatable bonds is 8. The average molecular weight is 370 g/mol. The number of hydrogen-bond donors (Lipinski definition) is 2. The number of nitrogens with one attached hydrogen (secondary N) is 2. The molecule has 1 aromatic heterocycles. The Labute approximate surface area is 161 Å². The number of hydrogen-bond acceptors (Lipinski definition) is 4. The summed E-state index contributed by atoms with van der Waals surface area (Å²) in [6.07, 6.45) is 4.09. The Morgan fingerprint density at radius 2 is 1.93 bits per heavy atom. The molecule has 0 saturated heterocycles. The van der Waals surface area contributed by atoms with Gasteiger partial charge < -0.3 is 19.9 Å². The zero-order valence-electron chi connectivity index (χ0n) is 16.8. The second-order valence-corrected chi connectivity index (χ2v) is 7.03. The molecule has 1 saturated carbocycles. The highest BCUT2D eigenvalue weighted by molar-refractivity contribution is 5.79. The SMILES string of the molecule is CCc1noc(CC)c1CNC(=NC)NCC1(c2ccc(OC)cc2)CC1. The number of benzene rings is 1. The largest absolute Gasteiger partial charge is 0.497 e. The smallest absolute Gasteiger partial charge is 0.191 e. The van der Waals surface area contributed by atoms with Crippen LogP contribution in [0.3, 0.4) is 0 Å². The predicted octanol–water partition coefficient (Wildman–Crippen LogP) is 3.20. The molecule has 27 heavy (non-hydrogen) atoms. The Morgan fingerprint density at radius 3 is 2.48 bits per heavy atom. The van der Waals surface area contributed by atoms with Gasteiger partial charge >= 0.3 is 0 Å². The van der Waals surface area contributed by atoms with Gasteiger partial charge in [-0.15, -0.1) is 0 Å². The lowest BCUT2D eigenvalue weighted by atomic mass is 9.96. The van der Waals surface area contributed by atoms with Crippen LogP contribution in [0.2, 0.25) is 0 Å². The molecule has 1 aliphatic carbocycles. The van der Waals surface area contributed by atoms with Gasteiger partial charge in [0.05, 0.1) is 12.8 Å². The molecule has 0 amide bonds. The van der Waals surface area contributed by atoms with Crippen LogP contribution in [0.25, 0.3) is 0 Å². The van der Waals surface area contributed by atoms with Gasteiger partial charge in [0.2, 0.25) is 0 Å². The molecule has 0 atom stereocenters. The standard InChI is InChI=1S/C21H30N4O2/c1-5-18-17(19(6-2)27-25-18)13-23-20(22-3)24-14-21(11-12-21)15-7-9-16(26-4)10-8-15/h7-10H,5-6,11-14H2,1-4H3,(H2,22,23,24). The number of nitrogens with zero attached hydrogens (tertiary/aromatic N) is 2. The summed E-state index contributed by atoms with van der Waals surface area (Å²) in [6.45, 7) is 5.72. The maximum Gasteiger partial charge on any atom is 0.191 e. The summed E-state index contributed by atoms with van der Waals surface area (Å²) in [5, 5.41) is 11.1. The van der Waals surface area contributed by atoms with Crippen molar-refractivity contribution in [3.63, 3.8) is 0 Å². The maximum absolute atomic E-state index is 5.44. The molecule has 146 valence electrons. The molecule has 2 N–H and O–H groups in total. The number of aryl methyl sites for hydroxylation is 2. The van der Waals surface area contributed by atoms with E-state index in [4.69, 9.17) is 9.26 Å². The van der Waals surface area contributed by atoms with Gasteiger partial charge in [-0.2, -0.15) is 0 Å². The molecule has 3 rings (SSSR count). The van der Waals surface area contributed by atoms with E-state index in [1.807, 2.05) is 12.1 Å². The van der Waals surface area contributed by atoms with Crippen LogP contribution in [-0.2, 0) is 24.8 Å². The zero-order valence-corrected chi connectivity index (χ0v) is 16.8. The summed E-state index contributed by atoms with van der Waals surface area (Å²) in [7, 11) is 3.50. The van der Waals surface area contributed by atoms with Gasteiger partial charge in [0.25, 0.3) is 0 Å². The molecule has 0 aliphatic heterocycles. The highest BCUT2D eigenvalue weighted by Gasteiger charge is 2.44. The molecule has 2 aromatic rings. The van der Waals surface area contributed by atoms with Crippen LogP contribution >= 0.6 is 0 Å². The molecular formula is C21H30N4O2. The maximum atomic E-state index is 5.44. The fourth-order valence-electron chi connectivity index (χ4n) is 3.45. The van der Waals surface area contributed by atoms with Gasteiger partial charge in [-0.25, -0.2) is 0 Å². The molecule has 1 fully saturated rings. The lowest BCUT2D eigenvalue weighted by Gasteiger charge is -2.19. The summed E-state index contributed by atoms with van der Waals surface area (Å²) >= 11 is 0. The van der Waals surface area contributed by atoms with Crippen LogP contribution in [0.15, 0.2) is 33.8 Å². The molecular weight excluding hydrogens is 340 g/mol. The Bertz CT molecular complexity index is 754. The van der Waals surface area contributed by atoms with Crippen molar-refractivity contribution in [3.05, 3.63) is 46.8 Å². The quantitative estimate of drug-likeness (QED) is 0.551. The monoisotopic (exact) mass is 370 g/mol. The summed E-state index contributed by atoms with van der Waals surface area (Å²) in [5.41, 5.74) is 3.72. The number of ether oxygens (including phenoxy) is 1. The molecule has 0 radical (unpaired) electrons. The van der Waals surface area contributed by atoms with Gasteiger partial charge in [-0.05, 0) is 37.0 Å². The van der Waals surface area contributed by atoms with Crippen LogP contribution in [0.5, 0.6) is 5.75 Å². The van der Waals surface area contributed by atoms with Crippen LogP contribution in [0, 0.1) is 0 Å². The molecule has 6 nitrogen and oxygen atoms in total. The van der Waals surface area contributed by atoms with Crippen molar-refractivity contribution in [2.45, 2.75) is 51.5 Å². The van der Waals surface area contributed by atoms with E-state index in [2.05, 4.69) is 46.8 Å². The van der Waals surface area contributed by atoms with E-state index >= 15 is 0 Å². The summed E-state index contributed by atoms with van der Waals surface area (Å²) in [6, 6.07) is 8.41. The van der Waals surface area contributed by atoms with Crippen molar-refractivity contribution in [2.24, 2.45) is 4.99 Å². The summed E-state index contributed by atoms with van der Waals surface area (Å²) < 4.78 is 10.7. The minimum Gasteiger partial charge on any atom is -0.497 e. The van der Waals surface area contributed by atoms with Crippen molar-refractivity contribution in [1.82, 2.24) is 15.8 Å². The van der Waals surface area contributed by atoms with Crippen molar-refractivity contribution >= 4 is 5.96 Å². The fourth-order valence-corrected chi connectivity index (χ4v) is 3.45. The van der Waals surface area contributed by atoms with Gasteiger partial charge in [-0.1, -0.05) is 31.1 Å². The Balaban J connectivity index is 1.59. The van der Waals surface area contributed by atoms with Crippen molar-refractivity contribution in [1.29, 1.82) is 0 Å². The Morgan fingerprint density at radius 1 is 1.19 bits per heavy atom. The molecule has 6 heteroatoms. The normalized spacial score (nSPS) is 15.5. The van der Waals surface area contributed by atoms with E-state index < -0.39 is 0 Å². The first-order valence-electron chi connectivity index (χ1n) is 9.71. The average Bonchev–Trinajstić information content (AvgIpc) is 3.40. The molecule has 0 spiro atoms. The second kappa shape index (κ2) is 8.46. The number of aliphatic imine (C=N–C) groups is 1. The topological polar surface area (TPSA) is 71.7 Å². The predicted molar refractivity (Wildman–Crippen MR) is 107 cm³/mol. The third kappa shape index (κ3) is 4.26. The zero-order chi connectivity index (χ0) is 19.3. The van der Waals surface area contributed by atoms with Crippen LogP contribution in [0.1, 0.15) is 49.3 Å². The van der Waals surface area contributed by atoms with E-state index in [0.717, 1.165) is 48.1 Å². The van der Waals surface area contributed by atoms with Crippen LogP contribution in [0.4, 0.5) is 0 Å². The number of guanidine groups is 1. The third-order valence-electron chi connectivity index (χ3n) is 5.41. The minimum atomic E-state index is 0.199. The molecule has 0 unspecified atom stereocenters. The van der Waals surface area contributed by atoms with Crippen LogP contribution in [-0.4, -0.2) is 31.8 Å². The number of methoxy groups -OCH3 is 1. The summed E-state index contributed by atoms with van der Waals surface area (Å²) in [4.78, 5) is 4.37. The lowest BCUT2D eigenvalue weighted by molar-refractivity contribution is 0.380. The molecule has 0 bridgehead atoms. The van der Waals surface area contributed by atoms with Crippen molar-refractivity contribution in [3.8, 4) is 5.75 Å². The van der Waals surface area contributed by atoms with E-state index in [1.165, 1.54) is 18.4 Å². The Hall–Kier alpha value is -2.50. The highest BCUT2D eigenvalue weighted by atomic mass is 16.5.